The van der Waals surface area contributed by atoms with Crippen LogP contribution in [0.4, 0.5) is 0 Å². The highest BCUT2D eigenvalue weighted by atomic mass is 35.5. The smallest absolute Gasteiger partial charge is 0.122 e. The normalized spacial score (nSPS) is 13.7. The monoisotopic (exact) mass is 301 g/mol. The summed E-state index contributed by atoms with van der Waals surface area (Å²) in [6.45, 7) is 9.42. The first-order valence-electron chi connectivity index (χ1n) is 7.17. The molecule has 1 rings (SSSR count). The van der Waals surface area contributed by atoms with E-state index >= 15 is 0 Å². The second-order valence-corrected chi connectivity index (χ2v) is 5.37. The van der Waals surface area contributed by atoms with Crippen molar-refractivity contribution in [1.29, 1.82) is 0 Å². The minimum atomic E-state index is -0.478. The number of hydrogen-bond donors (Lipinski definition) is 2. The standard InChI is InChI=1S/C16H27NO2.ClH/c1-5-13(4)17-10-14(18)11-19-16-9-7-6-8-15(16)12(2)3;/h6-9,12-14,17-18H,5,10-11H2,1-4H3;1H. The van der Waals surface area contributed by atoms with Crippen LogP contribution in [0.15, 0.2) is 24.3 Å². The van der Waals surface area contributed by atoms with Crippen molar-refractivity contribution < 1.29 is 9.84 Å². The fourth-order valence-electron chi connectivity index (χ4n) is 1.82. The van der Waals surface area contributed by atoms with Gasteiger partial charge >= 0.3 is 0 Å². The molecule has 1 aromatic rings. The van der Waals surface area contributed by atoms with Gasteiger partial charge in [0.2, 0.25) is 0 Å². The van der Waals surface area contributed by atoms with Gasteiger partial charge in [0.1, 0.15) is 18.5 Å². The van der Waals surface area contributed by atoms with Gasteiger partial charge in [-0.2, -0.15) is 0 Å². The van der Waals surface area contributed by atoms with Crippen molar-refractivity contribution in [3.63, 3.8) is 0 Å². The Hall–Kier alpha value is -0.770. The Bertz CT molecular complexity index is 371. The van der Waals surface area contributed by atoms with E-state index in [-0.39, 0.29) is 12.4 Å². The van der Waals surface area contributed by atoms with Gasteiger partial charge in [0.25, 0.3) is 0 Å². The van der Waals surface area contributed by atoms with Gasteiger partial charge in [0, 0.05) is 12.6 Å². The summed E-state index contributed by atoms with van der Waals surface area (Å²) >= 11 is 0. The molecule has 2 atom stereocenters. The molecule has 0 saturated carbocycles. The zero-order valence-corrected chi connectivity index (χ0v) is 13.7. The molecule has 0 aliphatic carbocycles. The number of benzene rings is 1. The average molecular weight is 302 g/mol. The van der Waals surface area contributed by atoms with Crippen LogP contribution >= 0.6 is 12.4 Å². The van der Waals surface area contributed by atoms with Crippen molar-refractivity contribution in [2.24, 2.45) is 0 Å². The summed E-state index contributed by atoms with van der Waals surface area (Å²) < 4.78 is 5.74. The quantitative estimate of drug-likeness (QED) is 0.773. The summed E-state index contributed by atoms with van der Waals surface area (Å²) in [7, 11) is 0. The second kappa shape index (κ2) is 10.0. The molecule has 2 N–H and O–H groups in total. The summed E-state index contributed by atoms with van der Waals surface area (Å²) in [6.07, 6.45) is 0.582. The third-order valence-corrected chi connectivity index (χ3v) is 3.29. The number of ether oxygens (including phenoxy) is 1. The highest BCUT2D eigenvalue weighted by Crippen LogP contribution is 2.25. The maximum absolute atomic E-state index is 9.90. The van der Waals surface area contributed by atoms with E-state index in [0.29, 0.717) is 25.1 Å². The Morgan fingerprint density at radius 1 is 1.20 bits per heavy atom. The maximum Gasteiger partial charge on any atom is 0.122 e. The SMILES string of the molecule is CCC(C)NCC(O)COc1ccccc1C(C)C.Cl. The first-order valence-corrected chi connectivity index (χ1v) is 7.17. The van der Waals surface area contributed by atoms with Crippen LogP contribution in [-0.4, -0.2) is 30.4 Å². The Morgan fingerprint density at radius 2 is 1.85 bits per heavy atom. The Morgan fingerprint density at radius 3 is 2.45 bits per heavy atom. The molecule has 3 nitrogen and oxygen atoms in total. The molecule has 20 heavy (non-hydrogen) atoms. The number of hydrogen-bond acceptors (Lipinski definition) is 3. The van der Waals surface area contributed by atoms with Crippen LogP contribution in [0.3, 0.4) is 0 Å². The molecular formula is C16H28ClNO2. The van der Waals surface area contributed by atoms with Crippen LogP contribution in [0.1, 0.15) is 45.6 Å². The molecule has 2 unspecified atom stereocenters. The molecule has 0 aliphatic heterocycles. The van der Waals surface area contributed by atoms with Crippen LogP contribution < -0.4 is 10.1 Å². The molecule has 116 valence electrons. The number of rotatable bonds is 8. The predicted molar refractivity (Wildman–Crippen MR) is 87.0 cm³/mol. The van der Waals surface area contributed by atoms with Gasteiger partial charge in [0.05, 0.1) is 0 Å². The van der Waals surface area contributed by atoms with Crippen molar-refractivity contribution in [2.45, 2.75) is 52.2 Å². The summed E-state index contributed by atoms with van der Waals surface area (Å²) in [5.41, 5.74) is 1.18. The predicted octanol–water partition coefficient (Wildman–Crippen LogP) is 3.36. The van der Waals surface area contributed by atoms with E-state index in [1.54, 1.807) is 0 Å². The van der Waals surface area contributed by atoms with E-state index in [9.17, 15) is 5.11 Å². The minimum Gasteiger partial charge on any atom is -0.491 e. The van der Waals surface area contributed by atoms with Crippen LogP contribution in [0.25, 0.3) is 0 Å². The largest absolute Gasteiger partial charge is 0.491 e. The summed E-state index contributed by atoms with van der Waals surface area (Å²) in [4.78, 5) is 0. The molecule has 4 heteroatoms. The van der Waals surface area contributed by atoms with Gasteiger partial charge in [-0.3, -0.25) is 0 Å². The zero-order chi connectivity index (χ0) is 14.3. The summed E-state index contributed by atoms with van der Waals surface area (Å²) in [5.74, 6) is 1.30. The lowest BCUT2D eigenvalue weighted by Crippen LogP contribution is -2.36. The lowest BCUT2D eigenvalue weighted by Gasteiger charge is -2.18. The zero-order valence-electron chi connectivity index (χ0n) is 12.9. The van der Waals surface area contributed by atoms with Gasteiger partial charge in [-0.1, -0.05) is 39.0 Å². The molecule has 0 amide bonds. The first-order chi connectivity index (χ1) is 9.04. The number of nitrogens with one attached hydrogen (secondary N) is 1. The highest BCUT2D eigenvalue weighted by molar-refractivity contribution is 5.85. The van der Waals surface area contributed by atoms with Crippen molar-refractivity contribution in [3.05, 3.63) is 29.8 Å². The molecule has 0 heterocycles. The van der Waals surface area contributed by atoms with Crippen molar-refractivity contribution >= 4 is 12.4 Å². The molecule has 0 radical (unpaired) electrons. The topological polar surface area (TPSA) is 41.5 Å². The van der Waals surface area contributed by atoms with E-state index in [1.165, 1.54) is 5.56 Å². The Balaban J connectivity index is 0.00000361. The lowest BCUT2D eigenvalue weighted by atomic mass is 10.0. The lowest BCUT2D eigenvalue weighted by molar-refractivity contribution is 0.103. The summed E-state index contributed by atoms with van der Waals surface area (Å²) in [6, 6.07) is 8.44. The van der Waals surface area contributed by atoms with Crippen LogP contribution in [0.5, 0.6) is 5.75 Å². The Labute approximate surface area is 129 Å². The third kappa shape index (κ3) is 6.60. The van der Waals surface area contributed by atoms with Gasteiger partial charge in [-0.15, -0.1) is 12.4 Å². The van der Waals surface area contributed by atoms with E-state index in [1.807, 2.05) is 18.2 Å². The molecule has 0 aromatic heterocycles. The molecule has 0 fully saturated rings. The second-order valence-electron chi connectivity index (χ2n) is 5.37. The van der Waals surface area contributed by atoms with E-state index in [2.05, 4.69) is 39.1 Å². The number of aliphatic hydroxyl groups excluding tert-OH is 1. The van der Waals surface area contributed by atoms with Gasteiger partial charge in [-0.25, -0.2) is 0 Å². The molecule has 0 saturated heterocycles. The van der Waals surface area contributed by atoms with Gasteiger partial charge < -0.3 is 15.2 Å². The van der Waals surface area contributed by atoms with E-state index in [0.717, 1.165) is 12.2 Å². The average Bonchev–Trinajstić information content (AvgIpc) is 2.42. The fourth-order valence-corrected chi connectivity index (χ4v) is 1.82. The van der Waals surface area contributed by atoms with Crippen molar-refractivity contribution in [3.8, 4) is 5.75 Å². The van der Waals surface area contributed by atoms with Gasteiger partial charge in [-0.05, 0) is 30.9 Å². The van der Waals surface area contributed by atoms with Crippen molar-refractivity contribution in [2.75, 3.05) is 13.2 Å². The number of halogens is 1. The molecule has 0 spiro atoms. The van der Waals surface area contributed by atoms with Crippen molar-refractivity contribution in [1.82, 2.24) is 5.32 Å². The number of aliphatic hydroxyl groups is 1. The minimum absolute atomic E-state index is 0. The maximum atomic E-state index is 9.90. The van der Waals surface area contributed by atoms with Crippen LogP contribution in [-0.2, 0) is 0 Å². The summed E-state index contributed by atoms with van der Waals surface area (Å²) in [5, 5.41) is 13.2. The third-order valence-electron chi connectivity index (χ3n) is 3.29. The fraction of sp³-hybridized carbons (Fsp3) is 0.625. The highest BCUT2D eigenvalue weighted by Gasteiger charge is 2.10. The molecule has 1 aromatic carbocycles. The van der Waals surface area contributed by atoms with E-state index < -0.39 is 6.10 Å². The Kier molecular flexibility index (Phi) is 9.64. The number of para-hydroxylation sites is 1. The first kappa shape index (κ1) is 19.2. The van der Waals surface area contributed by atoms with Crippen LogP contribution in [0.2, 0.25) is 0 Å². The van der Waals surface area contributed by atoms with E-state index in [4.69, 9.17) is 4.74 Å². The molecule has 0 bridgehead atoms. The molecule has 0 aliphatic rings. The van der Waals surface area contributed by atoms with Gasteiger partial charge in [0.15, 0.2) is 0 Å². The van der Waals surface area contributed by atoms with Crippen LogP contribution in [0, 0.1) is 0 Å². The molecular weight excluding hydrogens is 274 g/mol.